The van der Waals surface area contributed by atoms with Gasteiger partial charge >= 0.3 is 0 Å². The van der Waals surface area contributed by atoms with Crippen LogP contribution in [0.2, 0.25) is 0 Å². The molecule has 1 saturated carbocycles. The summed E-state index contributed by atoms with van der Waals surface area (Å²) in [5.74, 6) is 1.05. The molecular formula is C15H27N3O. The van der Waals surface area contributed by atoms with Gasteiger partial charge in [0.25, 0.3) is 0 Å². The van der Waals surface area contributed by atoms with Gasteiger partial charge in [-0.25, -0.2) is 0 Å². The highest BCUT2D eigenvalue weighted by Crippen LogP contribution is 2.30. The molecule has 3 atom stereocenters. The van der Waals surface area contributed by atoms with E-state index in [4.69, 9.17) is 5.73 Å². The summed E-state index contributed by atoms with van der Waals surface area (Å²) in [5.41, 5.74) is 6.01. The van der Waals surface area contributed by atoms with Crippen molar-refractivity contribution in [2.75, 3.05) is 26.2 Å². The zero-order valence-electron chi connectivity index (χ0n) is 11.9. The zero-order chi connectivity index (χ0) is 13.2. The highest BCUT2D eigenvalue weighted by atomic mass is 16.2. The van der Waals surface area contributed by atoms with E-state index in [1.807, 2.05) is 0 Å². The Labute approximate surface area is 116 Å². The van der Waals surface area contributed by atoms with Gasteiger partial charge in [0.15, 0.2) is 0 Å². The van der Waals surface area contributed by atoms with Crippen LogP contribution in [0.1, 0.15) is 44.9 Å². The molecule has 4 heteroatoms. The molecule has 108 valence electrons. The molecule has 2 saturated heterocycles. The molecule has 1 amide bonds. The molecule has 0 radical (unpaired) electrons. The first-order valence-corrected chi connectivity index (χ1v) is 8.03. The molecule has 1 aliphatic carbocycles. The summed E-state index contributed by atoms with van der Waals surface area (Å²) in [5, 5.41) is 0. The van der Waals surface area contributed by atoms with Crippen molar-refractivity contribution in [1.82, 2.24) is 9.80 Å². The number of hydrogen-bond donors (Lipinski definition) is 1. The Kier molecular flexibility index (Phi) is 4.08. The van der Waals surface area contributed by atoms with E-state index in [0.717, 1.165) is 39.0 Å². The van der Waals surface area contributed by atoms with Gasteiger partial charge < -0.3 is 10.6 Å². The lowest BCUT2D eigenvalue weighted by Gasteiger charge is -2.43. The van der Waals surface area contributed by atoms with Gasteiger partial charge in [-0.1, -0.05) is 19.3 Å². The Hall–Kier alpha value is -0.610. The van der Waals surface area contributed by atoms with Gasteiger partial charge in [-0.2, -0.15) is 0 Å². The van der Waals surface area contributed by atoms with E-state index in [2.05, 4.69) is 9.80 Å². The van der Waals surface area contributed by atoms with Crippen molar-refractivity contribution in [2.24, 2.45) is 11.7 Å². The molecule has 4 nitrogen and oxygen atoms in total. The smallest absolute Gasteiger partial charge is 0.222 e. The summed E-state index contributed by atoms with van der Waals surface area (Å²) in [4.78, 5) is 16.5. The summed E-state index contributed by atoms with van der Waals surface area (Å²) in [7, 11) is 0. The first kappa shape index (κ1) is 13.4. The van der Waals surface area contributed by atoms with E-state index in [1.54, 1.807) is 0 Å². The number of carbonyl (C=O) groups excluding carboxylic acids is 1. The molecule has 19 heavy (non-hydrogen) atoms. The van der Waals surface area contributed by atoms with Gasteiger partial charge in [0.2, 0.25) is 5.91 Å². The third-order valence-electron chi connectivity index (χ3n) is 5.42. The maximum atomic E-state index is 11.8. The maximum Gasteiger partial charge on any atom is 0.222 e. The lowest BCUT2D eigenvalue weighted by Crippen LogP contribution is -2.56. The number of rotatable bonds is 2. The van der Waals surface area contributed by atoms with Crippen LogP contribution in [0.5, 0.6) is 0 Å². The van der Waals surface area contributed by atoms with Crippen LogP contribution in [0.3, 0.4) is 0 Å². The van der Waals surface area contributed by atoms with E-state index in [9.17, 15) is 4.79 Å². The normalized spacial score (nSPS) is 37.2. The first-order chi connectivity index (χ1) is 9.29. The van der Waals surface area contributed by atoms with Crippen molar-refractivity contribution in [3.8, 4) is 0 Å². The average molecular weight is 265 g/mol. The molecule has 2 heterocycles. The Balaban J connectivity index is 1.66. The van der Waals surface area contributed by atoms with Crippen LogP contribution in [-0.2, 0) is 4.79 Å². The molecule has 3 aliphatic rings. The topological polar surface area (TPSA) is 49.6 Å². The van der Waals surface area contributed by atoms with Crippen molar-refractivity contribution in [2.45, 2.75) is 57.0 Å². The minimum atomic E-state index is 0.376. The number of nitrogens with zero attached hydrogens (tertiary/aromatic N) is 2. The molecule has 2 aliphatic heterocycles. The van der Waals surface area contributed by atoms with Crippen molar-refractivity contribution in [3.63, 3.8) is 0 Å². The molecular weight excluding hydrogens is 238 g/mol. The molecule has 0 spiro atoms. The number of carbonyl (C=O) groups is 1. The van der Waals surface area contributed by atoms with Gasteiger partial charge in [-0.3, -0.25) is 9.69 Å². The third-order valence-corrected chi connectivity index (χ3v) is 5.42. The van der Waals surface area contributed by atoms with Crippen molar-refractivity contribution in [1.29, 1.82) is 0 Å². The number of fused-ring (bicyclic) bond motifs is 1. The SMILES string of the molecule is NCC1CCCCCC1N1CCN2C(=O)CCC2C1. The average Bonchev–Trinajstić information content (AvgIpc) is 2.66. The lowest BCUT2D eigenvalue weighted by atomic mass is 9.92. The van der Waals surface area contributed by atoms with Gasteiger partial charge in [0, 0.05) is 38.1 Å². The number of nitrogens with two attached hydrogens (primary N) is 1. The van der Waals surface area contributed by atoms with E-state index in [0.29, 0.717) is 23.9 Å². The van der Waals surface area contributed by atoms with Gasteiger partial charge in [-0.05, 0) is 31.7 Å². The Bertz CT molecular complexity index is 333. The molecule has 0 aromatic carbocycles. The number of piperazine rings is 1. The second-order valence-electron chi connectivity index (χ2n) is 6.48. The first-order valence-electron chi connectivity index (χ1n) is 8.03. The van der Waals surface area contributed by atoms with Gasteiger partial charge in [-0.15, -0.1) is 0 Å². The third kappa shape index (κ3) is 2.65. The quantitative estimate of drug-likeness (QED) is 0.763. The summed E-state index contributed by atoms with van der Waals surface area (Å²) in [6.07, 6.45) is 8.51. The fourth-order valence-electron chi connectivity index (χ4n) is 4.31. The number of hydrogen-bond acceptors (Lipinski definition) is 3. The second-order valence-corrected chi connectivity index (χ2v) is 6.48. The summed E-state index contributed by atoms with van der Waals surface area (Å²) >= 11 is 0. The van der Waals surface area contributed by atoms with Crippen molar-refractivity contribution in [3.05, 3.63) is 0 Å². The molecule has 2 N–H and O–H groups in total. The maximum absolute atomic E-state index is 11.8. The van der Waals surface area contributed by atoms with Crippen LogP contribution >= 0.6 is 0 Å². The molecule has 0 aromatic rings. The highest BCUT2D eigenvalue weighted by molar-refractivity contribution is 5.78. The monoisotopic (exact) mass is 265 g/mol. The lowest BCUT2D eigenvalue weighted by molar-refractivity contribution is -0.131. The van der Waals surface area contributed by atoms with Crippen LogP contribution in [-0.4, -0.2) is 54.0 Å². The van der Waals surface area contributed by atoms with Crippen molar-refractivity contribution >= 4 is 5.91 Å². The minimum absolute atomic E-state index is 0.376. The summed E-state index contributed by atoms with van der Waals surface area (Å²) < 4.78 is 0. The number of amides is 1. The van der Waals surface area contributed by atoms with Crippen LogP contribution < -0.4 is 5.73 Å². The van der Waals surface area contributed by atoms with E-state index in [1.165, 1.54) is 32.1 Å². The van der Waals surface area contributed by atoms with Gasteiger partial charge in [0.1, 0.15) is 0 Å². The Morgan fingerprint density at radius 2 is 1.95 bits per heavy atom. The Morgan fingerprint density at radius 1 is 1.11 bits per heavy atom. The standard InChI is InChI=1S/C15H27N3O/c16-10-12-4-2-1-3-5-14(12)17-8-9-18-13(11-17)6-7-15(18)19/h12-14H,1-11,16H2. The summed E-state index contributed by atoms with van der Waals surface area (Å²) in [6, 6.07) is 1.16. The van der Waals surface area contributed by atoms with E-state index >= 15 is 0 Å². The molecule has 3 rings (SSSR count). The minimum Gasteiger partial charge on any atom is -0.337 e. The molecule has 3 fully saturated rings. The fourth-order valence-corrected chi connectivity index (χ4v) is 4.31. The van der Waals surface area contributed by atoms with Crippen LogP contribution in [0.4, 0.5) is 0 Å². The predicted octanol–water partition coefficient (Wildman–Crippen LogP) is 1.20. The van der Waals surface area contributed by atoms with Crippen LogP contribution in [0.25, 0.3) is 0 Å². The fraction of sp³-hybridized carbons (Fsp3) is 0.933. The second kappa shape index (κ2) is 5.80. The predicted molar refractivity (Wildman–Crippen MR) is 75.7 cm³/mol. The van der Waals surface area contributed by atoms with Crippen molar-refractivity contribution < 1.29 is 4.79 Å². The molecule has 0 bridgehead atoms. The van der Waals surface area contributed by atoms with Crippen LogP contribution in [0, 0.1) is 5.92 Å². The van der Waals surface area contributed by atoms with E-state index < -0.39 is 0 Å². The van der Waals surface area contributed by atoms with E-state index in [-0.39, 0.29) is 0 Å². The molecule has 0 aromatic heterocycles. The highest BCUT2D eigenvalue weighted by Gasteiger charge is 2.39. The largest absolute Gasteiger partial charge is 0.337 e. The molecule has 3 unspecified atom stereocenters. The van der Waals surface area contributed by atoms with Gasteiger partial charge in [0.05, 0.1) is 0 Å². The van der Waals surface area contributed by atoms with Crippen LogP contribution in [0.15, 0.2) is 0 Å². The Morgan fingerprint density at radius 3 is 2.79 bits per heavy atom. The zero-order valence-corrected chi connectivity index (χ0v) is 11.9. The summed E-state index contributed by atoms with van der Waals surface area (Å²) in [6.45, 7) is 3.92.